The summed E-state index contributed by atoms with van der Waals surface area (Å²) in [6, 6.07) is 10.7. The molecule has 0 spiro atoms. The van der Waals surface area contributed by atoms with Crippen LogP contribution >= 0.6 is 0 Å². The van der Waals surface area contributed by atoms with Gasteiger partial charge in [-0.05, 0) is 42.2 Å². The van der Waals surface area contributed by atoms with Gasteiger partial charge in [-0.15, -0.1) is 0 Å². The Morgan fingerprint density at radius 1 is 1.25 bits per heavy atom. The van der Waals surface area contributed by atoms with E-state index in [4.69, 9.17) is 4.74 Å². The molecule has 24 heavy (non-hydrogen) atoms. The summed E-state index contributed by atoms with van der Waals surface area (Å²) in [5.74, 6) is -0.505. The number of benzene rings is 1. The number of carbonyl (C=O) groups is 1. The summed E-state index contributed by atoms with van der Waals surface area (Å²) >= 11 is 0. The number of rotatable bonds is 6. The molecule has 0 bridgehead atoms. The van der Waals surface area contributed by atoms with E-state index >= 15 is 0 Å². The predicted molar refractivity (Wildman–Crippen MR) is 87.2 cm³/mol. The van der Waals surface area contributed by atoms with Crippen LogP contribution in [0.5, 0.6) is 5.75 Å². The number of aryl methyl sites for hydroxylation is 2. The van der Waals surface area contributed by atoms with Gasteiger partial charge in [0.1, 0.15) is 17.1 Å². The molecular formula is C18H17FN2O3. The van der Waals surface area contributed by atoms with Crippen molar-refractivity contribution >= 4 is 11.6 Å². The fourth-order valence-electron chi connectivity index (χ4n) is 2.68. The lowest BCUT2D eigenvalue weighted by molar-refractivity contribution is 0.0687. The Hall–Kier alpha value is -2.89. The fourth-order valence-corrected chi connectivity index (χ4v) is 2.68. The van der Waals surface area contributed by atoms with Crippen molar-refractivity contribution in [3.63, 3.8) is 0 Å². The first-order chi connectivity index (χ1) is 11.5. The number of aromatic nitrogens is 2. The molecular weight excluding hydrogens is 311 g/mol. The van der Waals surface area contributed by atoms with E-state index in [0.29, 0.717) is 24.2 Å². The van der Waals surface area contributed by atoms with Gasteiger partial charge in [-0.3, -0.25) is 4.40 Å². The van der Waals surface area contributed by atoms with Crippen molar-refractivity contribution in [3.8, 4) is 5.75 Å². The minimum absolute atomic E-state index is 0.233. The van der Waals surface area contributed by atoms with Gasteiger partial charge in [0.25, 0.3) is 0 Å². The van der Waals surface area contributed by atoms with Crippen LogP contribution in [-0.2, 0) is 12.8 Å². The third-order valence-corrected chi connectivity index (χ3v) is 3.76. The summed E-state index contributed by atoms with van der Waals surface area (Å²) in [7, 11) is 0. The first-order valence-electron chi connectivity index (χ1n) is 7.62. The van der Waals surface area contributed by atoms with Crippen molar-refractivity contribution in [3.05, 3.63) is 65.6 Å². The van der Waals surface area contributed by atoms with E-state index in [0.717, 1.165) is 11.1 Å². The van der Waals surface area contributed by atoms with E-state index in [1.807, 2.05) is 12.1 Å². The summed E-state index contributed by atoms with van der Waals surface area (Å²) in [5.41, 5.74) is 2.61. The van der Waals surface area contributed by atoms with E-state index in [9.17, 15) is 14.3 Å². The fraction of sp³-hybridized carbons (Fsp3) is 0.222. The Balaban J connectivity index is 1.78. The lowest BCUT2D eigenvalue weighted by Gasteiger charge is -2.10. The summed E-state index contributed by atoms with van der Waals surface area (Å²) < 4.78 is 19.3. The van der Waals surface area contributed by atoms with Crippen molar-refractivity contribution in [2.45, 2.75) is 26.1 Å². The number of hydrogen-bond acceptors (Lipinski definition) is 3. The number of nitrogens with zero attached hydrogens (tertiary/aromatic N) is 2. The summed E-state index contributed by atoms with van der Waals surface area (Å²) in [6.45, 7) is 1.33. The second kappa shape index (κ2) is 6.70. The third-order valence-electron chi connectivity index (χ3n) is 3.76. The highest BCUT2D eigenvalue weighted by molar-refractivity contribution is 5.88. The molecule has 1 atom stereocenters. The topological polar surface area (TPSA) is 63.8 Å². The molecule has 1 aromatic carbocycles. The number of fused-ring (bicyclic) bond motifs is 1. The normalized spacial score (nSPS) is 12.2. The lowest BCUT2D eigenvalue weighted by atomic mass is 10.0. The molecule has 3 rings (SSSR count). The van der Waals surface area contributed by atoms with Gasteiger partial charge < -0.3 is 9.84 Å². The molecule has 0 fully saturated rings. The molecule has 0 aliphatic rings. The first kappa shape index (κ1) is 16.0. The van der Waals surface area contributed by atoms with Gasteiger partial charge in [-0.25, -0.2) is 14.2 Å². The number of carboxylic acid groups (broad SMARTS) is 1. The van der Waals surface area contributed by atoms with Crippen molar-refractivity contribution in [1.29, 1.82) is 0 Å². The molecule has 0 aliphatic heterocycles. The van der Waals surface area contributed by atoms with Gasteiger partial charge >= 0.3 is 5.97 Å². The number of carboxylic acids is 1. The first-order valence-corrected chi connectivity index (χ1v) is 7.62. The van der Waals surface area contributed by atoms with Crippen molar-refractivity contribution in [2.75, 3.05) is 0 Å². The van der Waals surface area contributed by atoms with Crippen molar-refractivity contribution in [2.24, 2.45) is 0 Å². The molecule has 0 amide bonds. The third kappa shape index (κ3) is 3.37. The van der Waals surface area contributed by atoms with Crippen LogP contribution in [0.3, 0.4) is 0 Å². The van der Waals surface area contributed by atoms with E-state index in [-0.39, 0.29) is 5.69 Å². The van der Waals surface area contributed by atoms with Crippen LogP contribution in [0.1, 0.15) is 28.5 Å². The van der Waals surface area contributed by atoms with E-state index in [1.165, 1.54) is 6.92 Å². The Morgan fingerprint density at radius 3 is 2.67 bits per heavy atom. The summed E-state index contributed by atoms with van der Waals surface area (Å²) in [6.07, 6.45) is 3.13. The van der Waals surface area contributed by atoms with Crippen molar-refractivity contribution < 1.29 is 19.0 Å². The second-order valence-corrected chi connectivity index (χ2v) is 5.47. The summed E-state index contributed by atoms with van der Waals surface area (Å²) in [4.78, 5) is 15.7. The van der Waals surface area contributed by atoms with E-state index in [1.54, 1.807) is 41.1 Å². The Morgan fingerprint density at radius 2 is 2.00 bits per heavy atom. The van der Waals surface area contributed by atoms with E-state index in [2.05, 4.69) is 4.98 Å². The average Bonchev–Trinajstić information content (AvgIpc) is 3.01. The monoisotopic (exact) mass is 328 g/mol. The number of hydrogen-bond donors (Lipinski definition) is 1. The van der Waals surface area contributed by atoms with Gasteiger partial charge in [0.2, 0.25) is 6.36 Å². The number of ether oxygens (including phenoxy) is 1. The summed E-state index contributed by atoms with van der Waals surface area (Å²) in [5, 5.41) is 9.50. The standard InChI is InChI=1S/C18H17FN2O3/c1-12(19)24-15-7-3-13(4-8-15)2-5-14-6-9-16-20-10-11-21(16)17(14)18(22)23/h3-4,6-12H,2,5H2,1H3,(H,22,23). The molecule has 1 unspecified atom stereocenters. The molecule has 0 radical (unpaired) electrons. The zero-order valence-electron chi connectivity index (χ0n) is 13.1. The molecule has 3 aromatic rings. The Labute approximate surface area is 138 Å². The maximum Gasteiger partial charge on any atom is 0.353 e. The van der Waals surface area contributed by atoms with Crippen LogP contribution < -0.4 is 4.74 Å². The smallest absolute Gasteiger partial charge is 0.353 e. The van der Waals surface area contributed by atoms with Crippen LogP contribution in [0.15, 0.2) is 48.8 Å². The molecule has 0 saturated carbocycles. The highest BCUT2D eigenvalue weighted by Gasteiger charge is 2.14. The number of imidazole rings is 1. The number of pyridine rings is 1. The predicted octanol–water partition coefficient (Wildman–Crippen LogP) is 3.51. The maximum atomic E-state index is 12.8. The molecule has 2 heterocycles. The van der Waals surface area contributed by atoms with Gasteiger partial charge in [0.15, 0.2) is 0 Å². The number of halogens is 1. The molecule has 124 valence electrons. The maximum absolute atomic E-state index is 12.8. The molecule has 1 N–H and O–H groups in total. The Kier molecular flexibility index (Phi) is 4.46. The molecule has 5 nitrogen and oxygen atoms in total. The van der Waals surface area contributed by atoms with Crippen LogP contribution in [0.2, 0.25) is 0 Å². The quantitative estimate of drug-likeness (QED) is 0.752. The lowest BCUT2D eigenvalue weighted by Crippen LogP contribution is -2.10. The minimum atomic E-state index is -1.35. The highest BCUT2D eigenvalue weighted by Crippen LogP contribution is 2.18. The zero-order chi connectivity index (χ0) is 17.1. The average molecular weight is 328 g/mol. The minimum Gasteiger partial charge on any atom is -0.477 e. The van der Waals surface area contributed by atoms with Crippen LogP contribution in [0.4, 0.5) is 4.39 Å². The SMILES string of the molecule is CC(F)Oc1ccc(CCc2ccc3nccn3c2C(=O)O)cc1. The molecule has 0 aliphatic carbocycles. The van der Waals surface area contributed by atoms with Gasteiger partial charge in [-0.1, -0.05) is 18.2 Å². The van der Waals surface area contributed by atoms with Crippen LogP contribution in [-0.4, -0.2) is 26.8 Å². The van der Waals surface area contributed by atoms with E-state index < -0.39 is 12.3 Å². The van der Waals surface area contributed by atoms with Crippen LogP contribution in [0.25, 0.3) is 5.65 Å². The Bertz CT molecular complexity index is 856. The largest absolute Gasteiger partial charge is 0.477 e. The zero-order valence-corrected chi connectivity index (χ0v) is 13.1. The van der Waals surface area contributed by atoms with Crippen molar-refractivity contribution in [1.82, 2.24) is 9.38 Å². The van der Waals surface area contributed by atoms with Gasteiger partial charge in [-0.2, -0.15) is 0 Å². The number of aromatic carboxylic acids is 1. The number of alkyl halides is 1. The van der Waals surface area contributed by atoms with Crippen LogP contribution in [0, 0.1) is 0 Å². The molecule has 6 heteroatoms. The second-order valence-electron chi connectivity index (χ2n) is 5.47. The van der Waals surface area contributed by atoms with Gasteiger partial charge in [0.05, 0.1) is 0 Å². The van der Waals surface area contributed by atoms with Gasteiger partial charge in [0, 0.05) is 19.3 Å². The highest BCUT2D eigenvalue weighted by atomic mass is 19.1. The molecule has 0 saturated heterocycles. The molecule has 2 aromatic heterocycles.